The largest absolute Gasteiger partial charge is 0.497 e. The average molecular weight is 514 g/mol. The fourth-order valence-corrected chi connectivity index (χ4v) is 5.68. The van der Waals surface area contributed by atoms with Gasteiger partial charge in [-0.2, -0.15) is 0 Å². The molecule has 0 radical (unpaired) electrons. The van der Waals surface area contributed by atoms with Gasteiger partial charge in [-0.1, -0.05) is 6.92 Å². The molecule has 3 N–H and O–H groups in total. The molecule has 3 aromatic rings. The number of sulfonamides is 1. The number of anilines is 2. The molecule has 1 amide bonds. The molecule has 1 aliphatic rings. The van der Waals surface area contributed by atoms with Crippen LogP contribution in [0.2, 0.25) is 0 Å². The van der Waals surface area contributed by atoms with E-state index in [1.165, 1.54) is 43.6 Å². The van der Waals surface area contributed by atoms with E-state index in [9.17, 15) is 17.6 Å². The molecule has 0 saturated carbocycles. The summed E-state index contributed by atoms with van der Waals surface area (Å²) < 4.78 is 47.8. The highest BCUT2D eigenvalue weighted by Gasteiger charge is 2.39. The van der Waals surface area contributed by atoms with Gasteiger partial charge in [0.25, 0.3) is 15.9 Å². The van der Waals surface area contributed by atoms with Crippen molar-refractivity contribution in [3.63, 3.8) is 0 Å². The van der Waals surface area contributed by atoms with Crippen molar-refractivity contribution in [2.75, 3.05) is 24.3 Å². The van der Waals surface area contributed by atoms with Crippen LogP contribution in [-0.2, 0) is 10.0 Å². The Morgan fingerprint density at radius 3 is 2.61 bits per heavy atom. The number of nitrogens with one attached hydrogen (secondary N) is 1. The molecular weight excluding hydrogens is 485 g/mol. The number of nitrogens with two attached hydrogens (primary N) is 1. The molecule has 0 unspecified atom stereocenters. The number of carbonyl (C=O) groups excluding carboxylic acids is 1. The van der Waals surface area contributed by atoms with Crippen LogP contribution in [0.1, 0.15) is 37.6 Å². The summed E-state index contributed by atoms with van der Waals surface area (Å²) in [7, 11) is -2.86. The first-order valence-electron chi connectivity index (χ1n) is 11.3. The van der Waals surface area contributed by atoms with Gasteiger partial charge in [-0.05, 0) is 62.6 Å². The monoisotopic (exact) mass is 513 g/mol. The van der Waals surface area contributed by atoms with E-state index in [1.807, 2.05) is 18.7 Å². The van der Waals surface area contributed by atoms with Crippen LogP contribution >= 0.6 is 0 Å². The molecule has 0 bridgehead atoms. The maximum absolute atomic E-state index is 14.8. The third kappa shape index (κ3) is 4.83. The number of benzene rings is 1. The van der Waals surface area contributed by atoms with Crippen molar-refractivity contribution in [2.45, 2.75) is 37.6 Å². The van der Waals surface area contributed by atoms with Crippen LogP contribution in [0, 0.1) is 11.7 Å². The zero-order chi connectivity index (χ0) is 26.3. The van der Waals surface area contributed by atoms with E-state index in [1.54, 1.807) is 12.1 Å². The number of hydrogen-bond acceptors (Lipinski definition) is 8. The number of hydrogen-bond donors (Lipinski definition) is 2. The molecule has 9 nitrogen and oxygen atoms in total. The highest BCUT2D eigenvalue weighted by Crippen LogP contribution is 2.38. The predicted octanol–water partition coefficient (Wildman–Crippen LogP) is 3.62. The molecular formula is C25H28FN5O4S. The van der Waals surface area contributed by atoms with Gasteiger partial charge in [0.15, 0.2) is 0 Å². The lowest BCUT2D eigenvalue weighted by atomic mass is 9.97. The molecule has 3 heterocycles. The Hall–Kier alpha value is -3.73. The van der Waals surface area contributed by atoms with Gasteiger partial charge in [-0.15, -0.1) is 0 Å². The number of ether oxygens (including phenoxy) is 1. The summed E-state index contributed by atoms with van der Waals surface area (Å²) in [5, 5.41) is 0. The molecule has 190 valence electrons. The van der Waals surface area contributed by atoms with Crippen LogP contribution < -0.4 is 20.1 Å². The number of amides is 1. The molecule has 1 saturated heterocycles. The van der Waals surface area contributed by atoms with E-state index in [0.29, 0.717) is 23.9 Å². The topological polar surface area (TPSA) is 128 Å². The van der Waals surface area contributed by atoms with Crippen LogP contribution in [0.15, 0.2) is 53.6 Å². The maximum Gasteiger partial charge on any atom is 0.268 e. The summed E-state index contributed by atoms with van der Waals surface area (Å²) >= 11 is 0. The standard InChI is InChI=1S/C25H28FN5O4S/c1-15-13-25(2,3)31(14-15)23-18(24(32)30-36(33,34)21-6-5-11-28-22(21)27)9-10-20(29-23)17-8-7-16(35-4)12-19(17)26/h5-12,15H,13-14H2,1-4H3,(H2,27,28)(H,30,32)/t15-/m0/s1. The van der Waals surface area contributed by atoms with E-state index >= 15 is 0 Å². The van der Waals surface area contributed by atoms with E-state index < -0.39 is 21.7 Å². The van der Waals surface area contributed by atoms with Gasteiger partial charge < -0.3 is 15.4 Å². The lowest BCUT2D eigenvalue weighted by molar-refractivity contribution is 0.0981. The second-order valence-electron chi connectivity index (χ2n) is 9.47. The highest BCUT2D eigenvalue weighted by atomic mass is 32.2. The number of carbonyl (C=O) groups is 1. The summed E-state index contributed by atoms with van der Waals surface area (Å²) in [6.45, 7) is 6.72. The Morgan fingerprint density at radius 1 is 1.25 bits per heavy atom. The maximum atomic E-state index is 14.8. The number of nitrogen functional groups attached to an aromatic ring is 1. The van der Waals surface area contributed by atoms with Gasteiger partial charge in [-0.25, -0.2) is 27.5 Å². The predicted molar refractivity (Wildman–Crippen MR) is 135 cm³/mol. The molecule has 4 rings (SSSR count). The zero-order valence-electron chi connectivity index (χ0n) is 20.4. The van der Waals surface area contributed by atoms with Crippen molar-refractivity contribution in [2.24, 2.45) is 5.92 Å². The summed E-state index contributed by atoms with van der Waals surface area (Å²) in [5.41, 5.74) is 5.92. The SMILES string of the molecule is COc1ccc(-c2ccc(C(=O)NS(=O)(=O)c3cccnc3N)c(N3C[C@@H](C)CC3(C)C)n2)c(F)c1. The van der Waals surface area contributed by atoms with Crippen LogP contribution in [0.4, 0.5) is 16.0 Å². The molecule has 1 aliphatic heterocycles. The molecule has 0 aliphatic carbocycles. The minimum atomic E-state index is -4.30. The van der Waals surface area contributed by atoms with Crippen LogP contribution in [0.25, 0.3) is 11.3 Å². The molecule has 0 spiro atoms. The first kappa shape index (κ1) is 25.4. The minimum Gasteiger partial charge on any atom is -0.497 e. The van der Waals surface area contributed by atoms with Crippen molar-refractivity contribution in [3.8, 4) is 17.0 Å². The smallest absolute Gasteiger partial charge is 0.268 e. The van der Waals surface area contributed by atoms with Gasteiger partial charge in [0, 0.05) is 29.9 Å². The Balaban J connectivity index is 1.80. The third-order valence-corrected chi connectivity index (χ3v) is 7.60. The second kappa shape index (κ2) is 9.38. The normalized spacial score (nSPS) is 17.1. The molecule has 1 atom stereocenters. The summed E-state index contributed by atoms with van der Waals surface area (Å²) in [6.07, 6.45) is 2.19. The third-order valence-electron chi connectivity index (χ3n) is 6.22. The lowest BCUT2D eigenvalue weighted by Crippen LogP contribution is -2.41. The van der Waals surface area contributed by atoms with Crippen LogP contribution in [-0.4, -0.2) is 43.5 Å². The number of rotatable bonds is 6. The van der Waals surface area contributed by atoms with Crippen LogP contribution in [0.5, 0.6) is 5.75 Å². The fraction of sp³-hybridized carbons (Fsp3) is 0.320. The van der Waals surface area contributed by atoms with E-state index in [4.69, 9.17) is 10.5 Å². The van der Waals surface area contributed by atoms with Gasteiger partial charge in [0.2, 0.25) is 0 Å². The number of aromatic nitrogens is 2. The summed E-state index contributed by atoms with van der Waals surface area (Å²) in [5.74, 6) is -0.702. The first-order valence-corrected chi connectivity index (χ1v) is 12.8. The van der Waals surface area contributed by atoms with E-state index in [-0.39, 0.29) is 33.2 Å². The Morgan fingerprint density at radius 2 is 2.00 bits per heavy atom. The zero-order valence-corrected chi connectivity index (χ0v) is 21.3. The second-order valence-corrected chi connectivity index (χ2v) is 11.1. The van der Waals surface area contributed by atoms with Crippen molar-refractivity contribution in [1.29, 1.82) is 0 Å². The first-order chi connectivity index (χ1) is 16.9. The summed E-state index contributed by atoms with van der Waals surface area (Å²) in [6, 6.07) is 10.0. The number of pyridine rings is 2. The Labute approximate surface area is 209 Å². The minimum absolute atomic E-state index is 0.0425. The average Bonchev–Trinajstić information content (AvgIpc) is 3.10. The molecule has 1 aromatic carbocycles. The lowest BCUT2D eigenvalue weighted by Gasteiger charge is -2.34. The molecule has 36 heavy (non-hydrogen) atoms. The van der Waals surface area contributed by atoms with Crippen molar-refractivity contribution in [1.82, 2.24) is 14.7 Å². The summed E-state index contributed by atoms with van der Waals surface area (Å²) in [4.78, 5) is 23.4. The number of nitrogens with zero attached hydrogens (tertiary/aromatic N) is 3. The molecule has 1 fully saturated rings. The van der Waals surface area contributed by atoms with Crippen molar-refractivity contribution in [3.05, 3.63) is 60.0 Å². The fourth-order valence-electron chi connectivity index (χ4n) is 4.63. The Kier molecular flexibility index (Phi) is 6.61. The van der Waals surface area contributed by atoms with E-state index in [0.717, 1.165) is 6.42 Å². The molecule has 11 heteroatoms. The highest BCUT2D eigenvalue weighted by molar-refractivity contribution is 7.90. The number of methoxy groups -OCH3 is 1. The molecule has 2 aromatic heterocycles. The Bertz CT molecular complexity index is 1430. The van der Waals surface area contributed by atoms with Crippen molar-refractivity contribution >= 4 is 27.6 Å². The van der Waals surface area contributed by atoms with E-state index in [2.05, 4.69) is 21.6 Å². The van der Waals surface area contributed by atoms with Gasteiger partial charge >= 0.3 is 0 Å². The van der Waals surface area contributed by atoms with Crippen molar-refractivity contribution < 1.29 is 22.3 Å². The van der Waals surface area contributed by atoms with Gasteiger partial charge in [-0.3, -0.25) is 4.79 Å². The van der Waals surface area contributed by atoms with Gasteiger partial charge in [0.1, 0.15) is 28.1 Å². The quantitative estimate of drug-likeness (QED) is 0.512. The number of halogens is 1. The van der Waals surface area contributed by atoms with Crippen LogP contribution in [0.3, 0.4) is 0 Å². The van der Waals surface area contributed by atoms with Gasteiger partial charge in [0.05, 0.1) is 18.4 Å².